The molecule has 0 bridgehead atoms. The molecule has 24 heavy (non-hydrogen) atoms. The van der Waals surface area contributed by atoms with E-state index in [0.717, 1.165) is 36.7 Å². The van der Waals surface area contributed by atoms with Gasteiger partial charge in [-0.15, -0.1) is 0 Å². The Morgan fingerprint density at radius 2 is 2.00 bits per heavy atom. The second kappa shape index (κ2) is 6.55. The van der Waals surface area contributed by atoms with Gasteiger partial charge in [-0.05, 0) is 37.5 Å². The quantitative estimate of drug-likeness (QED) is 0.860. The molecule has 1 atom stereocenters. The molecule has 6 heteroatoms. The van der Waals surface area contributed by atoms with Crippen LogP contribution in [-0.4, -0.2) is 36.3 Å². The Kier molecular flexibility index (Phi) is 4.11. The van der Waals surface area contributed by atoms with Gasteiger partial charge in [0.05, 0.1) is 12.6 Å². The zero-order chi connectivity index (χ0) is 16.4. The molecule has 126 valence electrons. The fourth-order valence-electron chi connectivity index (χ4n) is 3.39. The SMILES string of the molecule is CCOc1nccnc1N1CCCC1c1ccc2c(c1)OCCO2. The zero-order valence-corrected chi connectivity index (χ0v) is 13.8. The van der Waals surface area contributed by atoms with E-state index >= 15 is 0 Å². The molecule has 1 aromatic heterocycles. The van der Waals surface area contributed by atoms with E-state index in [1.54, 1.807) is 12.4 Å². The highest BCUT2D eigenvalue weighted by molar-refractivity contribution is 5.53. The van der Waals surface area contributed by atoms with Crippen LogP contribution in [-0.2, 0) is 0 Å². The Bertz CT molecular complexity index is 722. The summed E-state index contributed by atoms with van der Waals surface area (Å²) in [6.07, 6.45) is 5.57. The highest BCUT2D eigenvalue weighted by Crippen LogP contribution is 2.41. The summed E-state index contributed by atoms with van der Waals surface area (Å²) < 4.78 is 17.0. The fraction of sp³-hybridized carbons (Fsp3) is 0.444. The van der Waals surface area contributed by atoms with Crippen molar-refractivity contribution in [2.24, 2.45) is 0 Å². The van der Waals surface area contributed by atoms with Gasteiger partial charge in [0.2, 0.25) is 0 Å². The van der Waals surface area contributed by atoms with Crippen LogP contribution in [0.3, 0.4) is 0 Å². The topological polar surface area (TPSA) is 56.7 Å². The number of fused-ring (bicyclic) bond motifs is 1. The molecular weight excluding hydrogens is 306 g/mol. The molecule has 4 rings (SSSR count). The maximum atomic E-state index is 5.73. The summed E-state index contributed by atoms with van der Waals surface area (Å²) in [5, 5.41) is 0. The van der Waals surface area contributed by atoms with Crippen LogP contribution in [0.2, 0.25) is 0 Å². The molecule has 2 aliphatic rings. The number of benzene rings is 1. The minimum absolute atomic E-state index is 0.247. The molecule has 0 spiro atoms. The number of aromatic nitrogens is 2. The van der Waals surface area contributed by atoms with Crippen molar-refractivity contribution in [2.75, 3.05) is 31.3 Å². The lowest BCUT2D eigenvalue weighted by Gasteiger charge is -2.28. The molecule has 2 aliphatic heterocycles. The fourth-order valence-corrected chi connectivity index (χ4v) is 3.39. The molecule has 0 saturated carbocycles. The van der Waals surface area contributed by atoms with Gasteiger partial charge >= 0.3 is 0 Å². The van der Waals surface area contributed by atoms with Gasteiger partial charge in [-0.3, -0.25) is 0 Å². The zero-order valence-electron chi connectivity index (χ0n) is 13.8. The van der Waals surface area contributed by atoms with E-state index in [0.29, 0.717) is 25.7 Å². The van der Waals surface area contributed by atoms with Gasteiger partial charge in [0.25, 0.3) is 5.88 Å². The highest BCUT2D eigenvalue weighted by Gasteiger charge is 2.30. The summed E-state index contributed by atoms with van der Waals surface area (Å²) in [5.41, 5.74) is 1.21. The Balaban J connectivity index is 1.66. The minimum Gasteiger partial charge on any atom is -0.486 e. The first kappa shape index (κ1) is 15.1. The van der Waals surface area contributed by atoms with Crippen LogP contribution >= 0.6 is 0 Å². The van der Waals surface area contributed by atoms with Crippen molar-refractivity contribution in [3.63, 3.8) is 0 Å². The van der Waals surface area contributed by atoms with E-state index in [9.17, 15) is 0 Å². The van der Waals surface area contributed by atoms with E-state index in [-0.39, 0.29) is 6.04 Å². The monoisotopic (exact) mass is 327 g/mol. The predicted octanol–water partition coefficient (Wildman–Crippen LogP) is 2.99. The van der Waals surface area contributed by atoms with Gasteiger partial charge in [0.15, 0.2) is 17.3 Å². The third-order valence-electron chi connectivity index (χ3n) is 4.40. The second-order valence-corrected chi connectivity index (χ2v) is 5.87. The van der Waals surface area contributed by atoms with E-state index in [1.165, 1.54) is 5.56 Å². The van der Waals surface area contributed by atoms with Gasteiger partial charge in [-0.2, -0.15) is 0 Å². The van der Waals surface area contributed by atoms with Crippen LogP contribution in [0.15, 0.2) is 30.6 Å². The normalized spacial score (nSPS) is 19.4. The van der Waals surface area contributed by atoms with Gasteiger partial charge in [0.1, 0.15) is 13.2 Å². The number of nitrogens with zero attached hydrogens (tertiary/aromatic N) is 3. The molecule has 1 saturated heterocycles. The van der Waals surface area contributed by atoms with E-state index in [4.69, 9.17) is 14.2 Å². The molecule has 0 aliphatic carbocycles. The molecule has 6 nitrogen and oxygen atoms in total. The van der Waals surface area contributed by atoms with Gasteiger partial charge < -0.3 is 19.1 Å². The maximum Gasteiger partial charge on any atom is 0.257 e. The summed E-state index contributed by atoms with van der Waals surface area (Å²) in [6, 6.07) is 6.46. The smallest absolute Gasteiger partial charge is 0.257 e. The van der Waals surface area contributed by atoms with Gasteiger partial charge in [-0.25, -0.2) is 9.97 Å². The van der Waals surface area contributed by atoms with Crippen LogP contribution in [0.25, 0.3) is 0 Å². The van der Waals surface area contributed by atoms with Crippen LogP contribution in [0.5, 0.6) is 17.4 Å². The van der Waals surface area contributed by atoms with Crippen molar-refractivity contribution in [2.45, 2.75) is 25.8 Å². The molecule has 3 heterocycles. The lowest BCUT2D eigenvalue weighted by molar-refractivity contribution is 0.171. The van der Waals surface area contributed by atoms with Crippen molar-refractivity contribution in [1.29, 1.82) is 0 Å². The molecule has 0 N–H and O–H groups in total. The molecule has 1 unspecified atom stereocenters. The van der Waals surface area contributed by atoms with E-state index in [2.05, 4.69) is 27.0 Å². The summed E-state index contributed by atoms with van der Waals surface area (Å²) in [7, 11) is 0. The van der Waals surface area contributed by atoms with Crippen LogP contribution in [0, 0.1) is 0 Å². The number of rotatable bonds is 4. The minimum atomic E-state index is 0.247. The summed E-state index contributed by atoms with van der Waals surface area (Å²) >= 11 is 0. The van der Waals surface area contributed by atoms with Crippen molar-refractivity contribution in [1.82, 2.24) is 9.97 Å². The molecule has 0 amide bonds. The Morgan fingerprint density at radius 1 is 1.17 bits per heavy atom. The van der Waals surface area contributed by atoms with E-state index in [1.807, 2.05) is 13.0 Å². The number of hydrogen-bond donors (Lipinski definition) is 0. The largest absolute Gasteiger partial charge is 0.486 e. The average molecular weight is 327 g/mol. The summed E-state index contributed by atoms with van der Waals surface area (Å²) in [6.45, 7) is 4.69. The number of hydrogen-bond acceptors (Lipinski definition) is 6. The molecule has 1 aromatic carbocycles. The molecule has 1 fully saturated rings. The molecule has 2 aromatic rings. The molecular formula is C18H21N3O3. The Labute approximate surface area is 141 Å². The summed E-state index contributed by atoms with van der Waals surface area (Å²) in [4.78, 5) is 11.1. The lowest BCUT2D eigenvalue weighted by atomic mass is 10.0. The standard InChI is InChI=1S/C18H21N3O3/c1-2-22-18-17(19-7-8-20-18)21-9-3-4-14(21)13-5-6-15-16(12-13)24-11-10-23-15/h5-8,12,14H,2-4,9-11H2,1H3. The first-order valence-corrected chi connectivity index (χ1v) is 8.47. The lowest BCUT2D eigenvalue weighted by Crippen LogP contribution is -2.25. The first-order chi connectivity index (χ1) is 11.9. The van der Waals surface area contributed by atoms with Crippen LogP contribution < -0.4 is 19.1 Å². The third-order valence-corrected chi connectivity index (χ3v) is 4.40. The average Bonchev–Trinajstić information content (AvgIpc) is 3.11. The van der Waals surface area contributed by atoms with Crippen molar-refractivity contribution in [3.05, 3.63) is 36.2 Å². The van der Waals surface area contributed by atoms with Crippen LogP contribution in [0.1, 0.15) is 31.4 Å². The van der Waals surface area contributed by atoms with Crippen molar-refractivity contribution >= 4 is 5.82 Å². The number of ether oxygens (including phenoxy) is 3. The predicted molar refractivity (Wildman–Crippen MR) is 90.0 cm³/mol. The van der Waals surface area contributed by atoms with Crippen molar-refractivity contribution < 1.29 is 14.2 Å². The Hall–Kier alpha value is -2.50. The third kappa shape index (κ3) is 2.72. The van der Waals surface area contributed by atoms with Gasteiger partial charge in [0, 0.05) is 18.9 Å². The maximum absolute atomic E-state index is 5.73. The Morgan fingerprint density at radius 3 is 2.88 bits per heavy atom. The van der Waals surface area contributed by atoms with E-state index < -0.39 is 0 Å². The van der Waals surface area contributed by atoms with Gasteiger partial charge in [-0.1, -0.05) is 6.07 Å². The van der Waals surface area contributed by atoms with Crippen LogP contribution in [0.4, 0.5) is 5.82 Å². The molecule has 0 radical (unpaired) electrons. The highest BCUT2D eigenvalue weighted by atomic mass is 16.6. The van der Waals surface area contributed by atoms with Crippen molar-refractivity contribution in [3.8, 4) is 17.4 Å². The first-order valence-electron chi connectivity index (χ1n) is 8.47. The number of anilines is 1. The summed E-state index contributed by atoms with van der Waals surface area (Å²) in [5.74, 6) is 3.07. The second-order valence-electron chi connectivity index (χ2n) is 5.87.